The van der Waals surface area contributed by atoms with Crippen molar-refractivity contribution in [1.82, 2.24) is 5.32 Å². The first-order valence-corrected chi connectivity index (χ1v) is 5.87. The molecule has 0 bridgehead atoms. The Bertz CT molecular complexity index is 446. The van der Waals surface area contributed by atoms with E-state index in [-0.39, 0.29) is 24.3 Å². The van der Waals surface area contributed by atoms with Crippen molar-refractivity contribution in [2.24, 2.45) is 0 Å². The van der Waals surface area contributed by atoms with Crippen LogP contribution >= 0.6 is 0 Å². The summed E-state index contributed by atoms with van der Waals surface area (Å²) in [5, 5.41) is 2.79. The fraction of sp³-hybridized carbons (Fsp3) is 0.462. The second-order valence-corrected chi connectivity index (χ2v) is 4.74. The van der Waals surface area contributed by atoms with E-state index in [9.17, 15) is 9.18 Å². The third-order valence-electron chi connectivity index (χ3n) is 2.55. The van der Waals surface area contributed by atoms with Gasteiger partial charge in [-0.3, -0.25) is 4.79 Å². The normalized spacial score (nSPS) is 10.6. The van der Waals surface area contributed by atoms with Gasteiger partial charge in [0.25, 0.3) is 0 Å². The Kier molecular flexibility index (Phi) is 4.53. The van der Waals surface area contributed by atoms with Crippen molar-refractivity contribution in [2.75, 3.05) is 24.2 Å². The molecule has 3 N–H and O–H groups in total. The first-order chi connectivity index (χ1) is 8.31. The average Bonchev–Trinajstić information content (AvgIpc) is 2.21. The van der Waals surface area contributed by atoms with Gasteiger partial charge in [0.1, 0.15) is 5.82 Å². The monoisotopic (exact) mass is 253 g/mol. The van der Waals surface area contributed by atoms with Crippen LogP contribution in [0.1, 0.15) is 19.4 Å². The summed E-state index contributed by atoms with van der Waals surface area (Å²) in [6.07, 6.45) is 0. The van der Waals surface area contributed by atoms with Crippen molar-refractivity contribution < 1.29 is 9.18 Å². The summed E-state index contributed by atoms with van der Waals surface area (Å²) in [6, 6.07) is 3.02. The number of halogens is 1. The Morgan fingerprint density at radius 3 is 2.67 bits per heavy atom. The summed E-state index contributed by atoms with van der Waals surface area (Å²) in [5.41, 5.74) is 7.26. The minimum atomic E-state index is -0.337. The summed E-state index contributed by atoms with van der Waals surface area (Å²) in [5.74, 6) is -0.426. The number of anilines is 2. The number of amides is 1. The van der Waals surface area contributed by atoms with Crippen LogP contribution in [0.2, 0.25) is 0 Å². The molecule has 18 heavy (non-hydrogen) atoms. The number of hydrogen-bond donors (Lipinski definition) is 2. The molecule has 0 spiro atoms. The topological polar surface area (TPSA) is 58.4 Å². The maximum absolute atomic E-state index is 13.3. The SMILES string of the molecule is Cc1cc(N(C)CC(=O)NC(C)C)c(N)cc1F. The number of nitrogens with two attached hydrogens (primary N) is 1. The van der Waals surface area contributed by atoms with Gasteiger partial charge in [0.05, 0.1) is 17.9 Å². The Labute approximate surface area is 107 Å². The van der Waals surface area contributed by atoms with E-state index in [4.69, 9.17) is 5.73 Å². The van der Waals surface area contributed by atoms with Gasteiger partial charge in [-0.2, -0.15) is 0 Å². The molecule has 0 unspecified atom stereocenters. The highest BCUT2D eigenvalue weighted by atomic mass is 19.1. The van der Waals surface area contributed by atoms with Crippen molar-refractivity contribution in [2.45, 2.75) is 26.8 Å². The van der Waals surface area contributed by atoms with Crippen LogP contribution in [0.3, 0.4) is 0 Å². The Balaban J connectivity index is 2.81. The second kappa shape index (κ2) is 5.71. The zero-order chi connectivity index (χ0) is 13.9. The van der Waals surface area contributed by atoms with Crippen LogP contribution in [0, 0.1) is 12.7 Å². The Morgan fingerprint density at radius 1 is 1.50 bits per heavy atom. The summed E-state index contributed by atoms with van der Waals surface area (Å²) >= 11 is 0. The van der Waals surface area contributed by atoms with Gasteiger partial charge in [-0.25, -0.2) is 4.39 Å². The van der Waals surface area contributed by atoms with Crippen LogP contribution in [0.25, 0.3) is 0 Å². The van der Waals surface area contributed by atoms with Gasteiger partial charge in [0.15, 0.2) is 0 Å². The van der Waals surface area contributed by atoms with Crippen molar-refractivity contribution in [3.8, 4) is 0 Å². The van der Waals surface area contributed by atoms with Gasteiger partial charge in [0, 0.05) is 13.1 Å². The van der Waals surface area contributed by atoms with E-state index in [1.807, 2.05) is 13.8 Å². The molecule has 0 radical (unpaired) electrons. The summed E-state index contributed by atoms with van der Waals surface area (Å²) < 4.78 is 13.3. The summed E-state index contributed by atoms with van der Waals surface area (Å²) in [4.78, 5) is 13.3. The lowest BCUT2D eigenvalue weighted by Crippen LogP contribution is -2.38. The van der Waals surface area contributed by atoms with E-state index >= 15 is 0 Å². The number of aryl methyl sites for hydroxylation is 1. The van der Waals surface area contributed by atoms with E-state index in [0.717, 1.165) is 0 Å². The van der Waals surface area contributed by atoms with Gasteiger partial charge in [-0.05, 0) is 38.5 Å². The lowest BCUT2D eigenvalue weighted by molar-refractivity contribution is -0.120. The van der Waals surface area contributed by atoms with E-state index in [1.54, 1.807) is 24.9 Å². The number of benzene rings is 1. The van der Waals surface area contributed by atoms with Crippen LogP contribution in [0.4, 0.5) is 15.8 Å². The molecule has 0 aliphatic carbocycles. The van der Waals surface area contributed by atoms with E-state index in [0.29, 0.717) is 16.9 Å². The minimum Gasteiger partial charge on any atom is -0.397 e. The molecule has 0 aromatic heterocycles. The number of likely N-dealkylation sites (N-methyl/N-ethyl adjacent to an activating group) is 1. The molecule has 100 valence electrons. The zero-order valence-electron chi connectivity index (χ0n) is 11.2. The van der Waals surface area contributed by atoms with Gasteiger partial charge in [0.2, 0.25) is 5.91 Å². The van der Waals surface area contributed by atoms with E-state index < -0.39 is 0 Å². The number of nitrogens with zero attached hydrogens (tertiary/aromatic N) is 1. The largest absolute Gasteiger partial charge is 0.397 e. The maximum Gasteiger partial charge on any atom is 0.239 e. The molecular weight excluding hydrogens is 233 g/mol. The predicted octanol–water partition coefficient (Wildman–Crippen LogP) is 1.68. The number of hydrogen-bond acceptors (Lipinski definition) is 3. The van der Waals surface area contributed by atoms with Crippen molar-refractivity contribution >= 4 is 17.3 Å². The molecule has 0 atom stereocenters. The molecule has 0 heterocycles. The highest BCUT2D eigenvalue weighted by Crippen LogP contribution is 2.25. The van der Waals surface area contributed by atoms with Gasteiger partial charge in [-0.1, -0.05) is 0 Å². The van der Waals surface area contributed by atoms with Crippen LogP contribution in [0.15, 0.2) is 12.1 Å². The quantitative estimate of drug-likeness (QED) is 0.803. The maximum atomic E-state index is 13.3. The number of nitrogen functional groups attached to an aromatic ring is 1. The van der Waals surface area contributed by atoms with Gasteiger partial charge in [-0.15, -0.1) is 0 Å². The molecule has 1 amide bonds. The first kappa shape index (κ1) is 14.3. The highest BCUT2D eigenvalue weighted by Gasteiger charge is 2.12. The molecule has 0 saturated carbocycles. The number of carbonyl (C=O) groups excluding carboxylic acids is 1. The molecule has 0 saturated heterocycles. The lowest BCUT2D eigenvalue weighted by Gasteiger charge is -2.22. The molecular formula is C13H20FN3O. The molecule has 5 heteroatoms. The Morgan fingerprint density at radius 2 is 2.11 bits per heavy atom. The van der Waals surface area contributed by atoms with Gasteiger partial charge < -0.3 is 16.0 Å². The van der Waals surface area contributed by atoms with Crippen molar-refractivity contribution in [3.63, 3.8) is 0 Å². The molecule has 4 nitrogen and oxygen atoms in total. The number of nitrogens with one attached hydrogen (secondary N) is 1. The minimum absolute atomic E-state index is 0.0890. The average molecular weight is 253 g/mol. The Hall–Kier alpha value is -1.78. The summed E-state index contributed by atoms with van der Waals surface area (Å²) in [6.45, 7) is 5.65. The molecule has 1 aromatic carbocycles. The fourth-order valence-corrected chi connectivity index (χ4v) is 1.68. The van der Waals surface area contributed by atoms with Crippen molar-refractivity contribution in [1.29, 1.82) is 0 Å². The predicted molar refractivity (Wildman–Crippen MR) is 72.1 cm³/mol. The third-order valence-corrected chi connectivity index (χ3v) is 2.55. The van der Waals surface area contributed by atoms with E-state index in [2.05, 4.69) is 5.32 Å². The second-order valence-electron chi connectivity index (χ2n) is 4.74. The molecule has 0 aliphatic heterocycles. The van der Waals surface area contributed by atoms with Crippen LogP contribution in [-0.2, 0) is 4.79 Å². The third kappa shape index (κ3) is 3.61. The molecule has 0 aliphatic rings. The van der Waals surface area contributed by atoms with Crippen LogP contribution in [0.5, 0.6) is 0 Å². The van der Waals surface area contributed by atoms with Gasteiger partial charge >= 0.3 is 0 Å². The summed E-state index contributed by atoms with van der Waals surface area (Å²) in [7, 11) is 1.75. The zero-order valence-corrected chi connectivity index (χ0v) is 11.2. The molecule has 1 rings (SSSR count). The lowest BCUT2D eigenvalue weighted by atomic mass is 10.1. The molecule has 1 aromatic rings. The standard InChI is InChI=1S/C13H20FN3O/c1-8(2)16-13(18)7-17(4)12-5-9(3)10(14)6-11(12)15/h5-6,8H,7,15H2,1-4H3,(H,16,18). The number of carbonyl (C=O) groups is 1. The highest BCUT2D eigenvalue weighted by molar-refractivity contribution is 5.83. The van der Waals surface area contributed by atoms with Crippen LogP contribution in [-0.4, -0.2) is 25.5 Å². The molecule has 0 fully saturated rings. The van der Waals surface area contributed by atoms with E-state index in [1.165, 1.54) is 6.07 Å². The smallest absolute Gasteiger partial charge is 0.239 e. The fourth-order valence-electron chi connectivity index (χ4n) is 1.68. The van der Waals surface area contributed by atoms with Crippen LogP contribution < -0.4 is 16.0 Å². The first-order valence-electron chi connectivity index (χ1n) is 5.87. The van der Waals surface area contributed by atoms with Crippen molar-refractivity contribution in [3.05, 3.63) is 23.5 Å². The number of rotatable bonds is 4.